The number of halogens is 1. The molecule has 1 saturated heterocycles. The van der Waals surface area contributed by atoms with Crippen LogP contribution in [0.4, 0.5) is 0 Å². The molecule has 0 aromatic heterocycles. The van der Waals surface area contributed by atoms with E-state index in [0.717, 1.165) is 24.8 Å². The van der Waals surface area contributed by atoms with Gasteiger partial charge in [-0.15, -0.1) is 0 Å². The zero-order valence-electron chi connectivity index (χ0n) is 11.7. The minimum Gasteiger partial charge on any atom is -0.480 e. The van der Waals surface area contributed by atoms with Gasteiger partial charge in [-0.25, -0.2) is 4.79 Å². The van der Waals surface area contributed by atoms with E-state index in [4.69, 9.17) is 11.6 Å². The van der Waals surface area contributed by atoms with Crippen molar-refractivity contribution in [3.05, 3.63) is 34.9 Å². The van der Waals surface area contributed by atoms with Crippen LogP contribution in [-0.2, 0) is 9.59 Å². The molecular weight excluding hydrogens is 290 g/mol. The van der Waals surface area contributed by atoms with Gasteiger partial charge < -0.3 is 10.0 Å². The van der Waals surface area contributed by atoms with Crippen LogP contribution in [0, 0.1) is 5.92 Å². The largest absolute Gasteiger partial charge is 0.480 e. The Hall–Kier alpha value is -1.55. The Labute approximate surface area is 128 Å². The summed E-state index contributed by atoms with van der Waals surface area (Å²) in [7, 11) is 0. The number of aliphatic carboxylic acids is 1. The van der Waals surface area contributed by atoms with Crippen LogP contribution in [-0.4, -0.2) is 34.5 Å². The first-order valence-corrected chi connectivity index (χ1v) is 7.75. The van der Waals surface area contributed by atoms with Crippen molar-refractivity contribution in [3.8, 4) is 0 Å². The number of likely N-dealkylation sites (tertiary alicyclic amines) is 1. The summed E-state index contributed by atoms with van der Waals surface area (Å²) in [6.07, 6.45) is 3.09. The molecule has 3 atom stereocenters. The van der Waals surface area contributed by atoms with Crippen molar-refractivity contribution < 1.29 is 14.7 Å². The number of hydrogen-bond donors (Lipinski definition) is 1. The maximum atomic E-state index is 12.6. The average Bonchev–Trinajstić information content (AvgIpc) is 3.27. The molecule has 21 heavy (non-hydrogen) atoms. The van der Waals surface area contributed by atoms with Gasteiger partial charge in [0, 0.05) is 17.5 Å². The van der Waals surface area contributed by atoms with Gasteiger partial charge in [0.2, 0.25) is 5.91 Å². The van der Waals surface area contributed by atoms with E-state index in [-0.39, 0.29) is 17.7 Å². The number of carboxylic acids is 1. The number of carbonyl (C=O) groups is 2. The van der Waals surface area contributed by atoms with Crippen molar-refractivity contribution in [2.24, 2.45) is 5.92 Å². The number of rotatable bonds is 3. The molecule has 0 spiro atoms. The van der Waals surface area contributed by atoms with E-state index in [9.17, 15) is 14.7 Å². The molecule has 1 N–H and O–H groups in total. The monoisotopic (exact) mass is 307 g/mol. The summed E-state index contributed by atoms with van der Waals surface area (Å²) < 4.78 is 0. The van der Waals surface area contributed by atoms with Crippen LogP contribution in [0.1, 0.15) is 37.2 Å². The lowest BCUT2D eigenvalue weighted by Crippen LogP contribution is -2.48. The quantitative estimate of drug-likeness (QED) is 0.934. The second-order valence-electron chi connectivity index (χ2n) is 5.85. The Morgan fingerprint density at radius 1 is 1.24 bits per heavy atom. The number of piperidine rings is 1. The van der Waals surface area contributed by atoms with Crippen molar-refractivity contribution in [2.45, 2.75) is 37.6 Å². The van der Waals surface area contributed by atoms with Crippen LogP contribution >= 0.6 is 11.6 Å². The molecule has 1 aromatic rings. The van der Waals surface area contributed by atoms with Crippen LogP contribution in [0.3, 0.4) is 0 Å². The maximum absolute atomic E-state index is 12.6. The highest BCUT2D eigenvalue weighted by Crippen LogP contribution is 2.50. The zero-order valence-corrected chi connectivity index (χ0v) is 12.4. The van der Waals surface area contributed by atoms with E-state index < -0.39 is 12.0 Å². The molecule has 5 heteroatoms. The second-order valence-corrected chi connectivity index (χ2v) is 6.26. The second kappa shape index (κ2) is 5.68. The van der Waals surface area contributed by atoms with Crippen LogP contribution in [0.15, 0.2) is 24.3 Å². The zero-order chi connectivity index (χ0) is 15.0. The lowest BCUT2D eigenvalue weighted by molar-refractivity contribution is -0.152. The van der Waals surface area contributed by atoms with Gasteiger partial charge in [0.1, 0.15) is 6.04 Å². The number of carbonyl (C=O) groups excluding carboxylic acids is 1. The SMILES string of the molecule is O=C(O)C1CCCCN1C(=O)C1CC1c1ccccc1Cl. The summed E-state index contributed by atoms with van der Waals surface area (Å²) in [6, 6.07) is 6.92. The summed E-state index contributed by atoms with van der Waals surface area (Å²) in [4.78, 5) is 25.5. The minimum atomic E-state index is -0.891. The molecule has 4 nitrogen and oxygen atoms in total. The highest BCUT2D eigenvalue weighted by molar-refractivity contribution is 6.31. The summed E-state index contributed by atoms with van der Waals surface area (Å²) in [5, 5.41) is 9.96. The van der Waals surface area contributed by atoms with E-state index >= 15 is 0 Å². The van der Waals surface area contributed by atoms with Crippen molar-refractivity contribution in [3.63, 3.8) is 0 Å². The third kappa shape index (κ3) is 2.77. The number of hydrogen-bond acceptors (Lipinski definition) is 2. The highest BCUT2D eigenvalue weighted by atomic mass is 35.5. The predicted molar refractivity (Wildman–Crippen MR) is 79.3 cm³/mol. The Morgan fingerprint density at radius 3 is 2.71 bits per heavy atom. The highest BCUT2D eigenvalue weighted by Gasteiger charge is 2.48. The van der Waals surface area contributed by atoms with Gasteiger partial charge in [0.05, 0.1) is 0 Å². The van der Waals surface area contributed by atoms with Gasteiger partial charge in [-0.3, -0.25) is 4.79 Å². The lowest BCUT2D eigenvalue weighted by Gasteiger charge is -2.33. The van der Waals surface area contributed by atoms with Gasteiger partial charge in [0.15, 0.2) is 0 Å². The van der Waals surface area contributed by atoms with Crippen LogP contribution < -0.4 is 0 Å². The molecule has 1 heterocycles. The fraction of sp³-hybridized carbons (Fsp3) is 0.500. The normalized spacial score (nSPS) is 28.2. The molecule has 3 unspecified atom stereocenters. The van der Waals surface area contributed by atoms with E-state index in [0.29, 0.717) is 18.0 Å². The van der Waals surface area contributed by atoms with Gasteiger partial charge in [0.25, 0.3) is 0 Å². The lowest BCUT2D eigenvalue weighted by atomic mass is 10.0. The van der Waals surface area contributed by atoms with Crippen molar-refractivity contribution in [1.29, 1.82) is 0 Å². The molecule has 0 bridgehead atoms. The number of carboxylic acid groups (broad SMARTS) is 1. The van der Waals surface area contributed by atoms with E-state index in [1.54, 1.807) is 4.90 Å². The summed E-state index contributed by atoms with van der Waals surface area (Å²) in [6.45, 7) is 0.557. The van der Waals surface area contributed by atoms with Gasteiger partial charge in [-0.2, -0.15) is 0 Å². The van der Waals surface area contributed by atoms with E-state index in [2.05, 4.69) is 0 Å². The third-order valence-corrected chi connectivity index (χ3v) is 4.83. The maximum Gasteiger partial charge on any atom is 0.326 e. The summed E-state index contributed by atoms with van der Waals surface area (Å²) in [5.74, 6) is -0.877. The van der Waals surface area contributed by atoms with Crippen LogP contribution in [0.5, 0.6) is 0 Å². The molecule has 1 aliphatic carbocycles. The van der Waals surface area contributed by atoms with Gasteiger partial charge in [-0.1, -0.05) is 29.8 Å². The molecule has 3 rings (SSSR count). The standard InChI is InChI=1S/C16H18ClNO3/c17-13-6-2-1-5-10(13)11-9-12(11)15(19)18-8-4-3-7-14(18)16(20)21/h1-2,5-6,11-12,14H,3-4,7-9H2,(H,20,21). The van der Waals surface area contributed by atoms with Gasteiger partial charge in [-0.05, 0) is 43.2 Å². The first-order chi connectivity index (χ1) is 10.1. The minimum absolute atomic E-state index is 0.0213. The fourth-order valence-corrected chi connectivity index (χ4v) is 3.53. The Morgan fingerprint density at radius 2 is 2.00 bits per heavy atom. The smallest absolute Gasteiger partial charge is 0.326 e. The van der Waals surface area contributed by atoms with E-state index in [1.165, 1.54) is 0 Å². The third-order valence-electron chi connectivity index (χ3n) is 4.48. The molecule has 1 amide bonds. The molecular formula is C16H18ClNO3. The van der Waals surface area contributed by atoms with Gasteiger partial charge >= 0.3 is 5.97 Å². The summed E-state index contributed by atoms with van der Waals surface area (Å²) >= 11 is 6.18. The molecule has 2 fully saturated rings. The van der Waals surface area contributed by atoms with Crippen molar-refractivity contribution in [1.82, 2.24) is 4.90 Å². The van der Waals surface area contributed by atoms with E-state index in [1.807, 2.05) is 24.3 Å². The molecule has 1 aliphatic heterocycles. The Bertz CT molecular complexity index is 574. The first kappa shape index (κ1) is 14.4. The summed E-state index contributed by atoms with van der Waals surface area (Å²) in [5.41, 5.74) is 1.00. The first-order valence-electron chi connectivity index (χ1n) is 7.37. The van der Waals surface area contributed by atoms with Crippen LogP contribution in [0.2, 0.25) is 5.02 Å². The number of amides is 1. The number of benzene rings is 1. The molecule has 1 aromatic carbocycles. The fourth-order valence-electron chi connectivity index (χ4n) is 3.25. The predicted octanol–water partition coefficient (Wildman–Crippen LogP) is 2.91. The average molecular weight is 308 g/mol. The van der Waals surface area contributed by atoms with Crippen molar-refractivity contribution in [2.75, 3.05) is 6.54 Å². The topological polar surface area (TPSA) is 57.6 Å². The molecule has 1 saturated carbocycles. The molecule has 112 valence electrons. The Balaban J connectivity index is 1.72. The molecule has 2 aliphatic rings. The van der Waals surface area contributed by atoms with Crippen molar-refractivity contribution >= 4 is 23.5 Å². The molecule has 0 radical (unpaired) electrons. The number of nitrogens with zero attached hydrogens (tertiary/aromatic N) is 1. The van der Waals surface area contributed by atoms with Crippen LogP contribution in [0.25, 0.3) is 0 Å². The Kier molecular flexibility index (Phi) is 3.89.